The first-order valence-corrected chi connectivity index (χ1v) is 9.73. The minimum atomic E-state index is -4.52. The molecular formula is C21H21F3N4O3. The molecule has 0 radical (unpaired) electrons. The molecule has 1 aliphatic heterocycles. The van der Waals surface area contributed by atoms with Gasteiger partial charge in [-0.2, -0.15) is 18.3 Å². The van der Waals surface area contributed by atoms with E-state index in [1.165, 1.54) is 12.3 Å². The molecule has 3 aromatic rings. The highest BCUT2D eigenvalue weighted by atomic mass is 19.4. The summed E-state index contributed by atoms with van der Waals surface area (Å²) < 4.78 is 52.4. The molecule has 3 heterocycles. The molecule has 31 heavy (non-hydrogen) atoms. The molecule has 4 rings (SSSR count). The van der Waals surface area contributed by atoms with E-state index in [-0.39, 0.29) is 24.5 Å². The van der Waals surface area contributed by atoms with Crippen molar-refractivity contribution in [2.75, 3.05) is 19.0 Å². The first-order valence-electron chi connectivity index (χ1n) is 9.73. The van der Waals surface area contributed by atoms with E-state index in [1.807, 2.05) is 24.3 Å². The topological polar surface area (TPSA) is 81.3 Å². The van der Waals surface area contributed by atoms with Gasteiger partial charge in [-0.05, 0) is 30.2 Å². The molecule has 0 bridgehead atoms. The molecule has 2 N–H and O–H groups in total. The maximum Gasteiger partial charge on any atom is 0.410 e. The van der Waals surface area contributed by atoms with Gasteiger partial charge in [-0.15, -0.1) is 0 Å². The second-order valence-corrected chi connectivity index (χ2v) is 7.18. The SMILES string of the molecule is COc1ccccc1CCNC(=O)c1cc2n(n1)[C@@H](C(F)(F)F)C[C@H](c1ccco1)N2. The van der Waals surface area contributed by atoms with E-state index in [0.717, 1.165) is 10.2 Å². The fourth-order valence-electron chi connectivity index (χ4n) is 3.67. The summed E-state index contributed by atoms with van der Waals surface area (Å²) in [5, 5.41) is 9.63. The Labute approximate surface area is 176 Å². The van der Waals surface area contributed by atoms with Gasteiger partial charge in [-0.3, -0.25) is 4.79 Å². The number of fused-ring (bicyclic) bond motifs is 1. The van der Waals surface area contributed by atoms with E-state index in [9.17, 15) is 18.0 Å². The molecule has 0 spiro atoms. The van der Waals surface area contributed by atoms with Gasteiger partial charge >= 0.3 is 6.18 Å². The molecule has 0 fully saturated rings. The van der Waals surface area contributed by atoms with Crippen LogP contribution in [0.4, 0.5) is 19.0 Å². The van der Waals surface area contributed by atoms with Crippen molar-refractivity contribution in [2.45, 2.75) is 31.1 Å². The number of hydrogen-bond acceptors (Lipinski definition) is 5. The molecule has 0 saturated heterocycles. The highest BCUT2D eigenvalue weighted by Crippen LogP contribution is 2.43. The standard InChI is InChI=1S/C21H21F3N4O3/c1-30-16-6-3-2-5-13(16)8-9-25-20(29)15-12-19-26-14(17-7-4-10-31-17)11-18(21(22,23)24)28(19)27-15/h2-7,10,12,14,18,26H,8-9,11H2,1H3,(H,25,29)/t14-,18-/m1/s1. The lowest BCUT2D eigenvalue weighted by molar-refractivity contribution is -0.174. The number of hydrogen-bond donors (Lipinski definition) is 2. The molecule has 164 valence electrons. The summed E-state index contributed by atoms with van der Waals surface area (Å²) >= 11 is 0. The third-order valence-corrected chi connectivity index (χ3v) is 5.18. The van der Waals surface area contributed by atoms with E-state index < -0.39 is 24.2 Å². The van der Waals surface area contributed by atoms with Crippen molar-refractivity contribution in [1.29, 1.82) is 0 Å². The second kappa shape index (κ2) is 8.37. The summed E-state index contributed by atoms with van der Waals surface area (Å²) in [5.41, 5.74) is 0.825. The zero-order valence-electron chi connectivity index (χ0n) is 16.6. The van der Waals surface area contributed by atoms with Crippen LogP contribution in [-0.4, -0.2) is 35.5 Å². The van der Waals surface area contributed by atoms with Crippen LogP contribution in [0.15, 0.2) is 53.1 Å². The lowest BCUT2D eigenvalue weighted by Crippen LogP contribution is -2.35. The number of anilines is 1. The molecule has 2 atom stereocenters. The number of methoxy groups -OCH3 is 1. The number of nitrogens with zero attached hydrogens (tertiary/aromatic N) is 2. The van der Waals surface area contributed by atoms with Crippen LogP contribution in [0.3, 0.4) is 0 Å². The van der Waals surface area contributed by atoms with E-state index in [4.69, 9.17) is 9.15 Å². The lowest BCUT2D eigenvalue weighted by Gasteiger charge is -2.32. The van der Waals surface area contributed by atoms with Gasteiger partial charge in [0.2, 0.25) is 0 Å². The number of nitrogens with one attached hydrogen (secondary N) is 2. The fourth-order valence-corrected chi connectivity index (χ4v) is 3.67. The third kappa shape index (κ3) is 4.37. The van der Waals surface area contributed by atoms with Crippen molar-refractivity contribution < 1.29 is 27.1 Å². The summed E-state index contributed by atoms with van der Waals surface area (Å²) in [6.07, 6.45) is -2.90. The molecule has 1 amide bonds. The number of ether oxygens (including phenoxy) is 1. The number of carbonyl (C=O) groups excluding carboxylic acids is 1. The summed E-state index contributed by atoms with van der Waals surface area (Å²) in [6.45, 7) is 0.284. The van der Waals surface area contributed by atoms with Gasteiger partial charge in [-0.25, -0.2) is 4.68 Å². The predicted molar refractivity (Wildman–Crippen MR) is 106 cm³/mol. The van der Waals surface area contributed by atoms with Crippen LogP contribution >= 0.6 is 0 Å². The van der Waals surface area contributed by atoms with Crippen molar-refractivity contribution in [3.05, 3.63) is 65.7 Å². The number of rotatable bonds is 6. The summed E-state index contributed by atoms with van der Waals surface area (Å²) in [4.78, 5) is 12.5. The zero-order chi connectivity index (χ0) is 22.0. The highest BCUT2D eigenvalue weighted by Gasteiger charge is 2.47. The van der Waals surface area contributed by atoms with Gasteiger partial charge in [0.1, 0.15) is 17.3 Å². The van der Waals surface area contributed by atoms with E-state index >= 15 is 0 Å². The van der Waals surface area contributed by atoms with Crippen molar-refractivity contribution in [3.8, 4) is 5.75 Å². The maximum atomic E-state index is 13.7. The van der Waals surface area contributed by atoms with Crippen LogP contribution in [0, 0.1) is 0 Å². The smallest absolute Gasteiger partial charge is 0.410 e. The second-order valence-electron chi connectivity index (χ2n) is 7.18. The highest BCUT2D eigenvalue weighted by molar-refractivity contribution is 5.93. The lowest BCUT2D eigenvalue weighted by atomic mass is 10.0. The van der Waals surface area contributed by atoms with Crippen molar-refractivity contribution in [1.82, 2.24) is 15.1 Å². The number of carbonyl (C=O) groups is 1. The molecule has 1 aliphatic rings. The molecule has 2 aromatic heterocycles. The third-order valence-electron chi connectivity index (χ3n) is 5.18. The molecular weight excluding hydrogens is 413 g/mol. The number of halogens is 3. The van der Waals surface area contributed by atoms with Crippen molar-refractivity contribution >= 4 is 11.7 Å². The molecule has 0 aliphatic carbocycles. The Hall–Kier alpha value is -3.43. The maximum absolute atomic E-state index is 13.7. The number of alkyl halides is 3. The zero-order valence-corrected chi connectivity index (χ0v) is 16.6. The Kier molecular flexibility index (Phi) is 5.62. The van der Waals surface area contributed by atoms with Crippen LogP contribution in [0.25, 0.3) is 0 Å². The van der Waals surface area contributed by atoms with E-state index in [2.05, 4.69) is 15.7 Å². The molecule has 10 heteroatoms. The van der Waals surface area contributed by atoms with Crippen molar-refractivity contribution in [2.24, 2.45) is 0 Å². The molecule has 7 nitrogen and oxygen atoms in total. The van der Waals surface area contributed by atoms with Gasteiger partial charge in [-0.1, -0.05) is 18.2 Å². The van der Waals surface area contributed by atoms with Gasteiger partial charge < -0.3 is 19.8 Å². The van der Waals surface area contributed by atoms with Crippen molar-refractivity contribution in [3.63, 3.8) is 0 Å². The van der Waals surface area contributed by atoms with Crippen LogP contribution < -0.4 is 15.4 Å². The Bertz CT molecular complexity index is 1050. The normalized spacial score (nSPS) is 18.2. The van der Waals surface area contributed by atoms with Crippen LogP contribution in [-0.2, 0) is 6.42 Å². The van der Waals surface area contributed by atoms with Gasteiger partial charge in [0.05, 0.1) is 19.4 Å². The first-order chi connectivity index (χ1) is 14.9. The fraction of sp³-hybridized carbons (Fsp3) is 0.333. The van der Waals surface area contributed by atoms with E-state index in [1.54, 1.807) is 19.2 Å². The van der Waals surface area contributed by atoms with Crippen LogP contribution in [0.5, 0.6) is 5.75 Å². The van der Waals surface area contributed by atoms with Gasteiger partial charge in [0.15, 0.2) is 11.7 Å². The Morgan fingerprint density at radius 1 is 1.32 bits per heavy atom. The van der Waals surface area contributed by atoms with Gasteiger partial charge in [0.25, 0.3) is 5.91 Å². The predicted octanol–water partition coefficient (Wildman–Crippen LogP) is 4.12. The average Bonchev–Trinajstić information content (AvgIpc) is 3.42. The van der Waals surface area contributed by atoms with E-state index in [0.29, 0.717) is 17.9 Å². The summed E-state index contributed by atoms with van der Waals surface area (Å²) in [6, 6.07) is 9.42. The molecule has 1 aromatic carbocycles. The summed E-state index contributed by atoms with van der Waals surface area (Å²) in [7, 11) is 1.56. The summed E-state index contributed by atoms with van der Waals surface area (Å²) in [5.74, 6) is 0.666. The van der Waals surface area contributed by atoms with Gasteiger partial charge in [0, 0.05) is 19.0 Å². The number of benzene rings is 1. The first kappa shape index (κ1) is 20.8. The number of aromatic nitrogens is 2. The van der Waals surface area contributed by atoms with Crippen LogP contribution in [0.2, 0.25) is 0 Å². The minimum absolute atomic E-state index is 0.0862. The molecule has 0 saturated carbocycles. The quantitative estimate of drug-likeness (QED) is 0.610. The number of para-hydroxylation sites is 1. The Balaban J connectivity index is 1.49. The Morgan fingerprint density at radius 2 is 2.13 bits per heavy atom. The monoisotopic (exact) mass is 434 g/mol. The largest absolute Gasteiger partial charge is 0.496 e. The minimum Gasteiger partial charge on any atom is -0.496 e. The van der Waals surface area contributed by atoms with Crippen LogP contribution in [0.1, 0.15) is 40.3 Å². The number of furan rings is 1. The molecule has 0 unspecified atom stereocenters. The number of amides is 1. The average molecular weight is 434 g/mol. The Morgan fingerprint density at radius 3 is 2.84 bits per heavy atom.